The number of nitrogens with two attached hydrogens (primary N) is 4. The predicted molar refractivity (Wildman–Crippen MR) is 289 cm³/mol. The van der Waals surface area contributed by atoms with Gasteiger partial charge in [0.1, 0.15) is 93.5 Å². The van der Waals surface area contributed by atoms with Gasteiger partial charge in [0, 0.05) is 5.69 Å². The summed E-state index contributed by atoms with van der Waals surface area (Å²) in [6.45, 7) is -15.0. The van der Waals surface area contributed by atoms with Crippen molar-refractivity contribution in [3.05, 3.63) is 78.2 Å². The summed E-state index contributed by atoms with van der Waals surface area (Å²) >= 11 is 24.7. The van der Waals surface area contributed by atoms with Gasteiger partial charge in [-0.25, -0.2) is 46.1 Å². The Morgan fingerprint density at radius 1 is 0.581 bits per heavy atom. The van der Waals surface area contributed by atoms with E-state index >= 15 is 0 Å². The van der Waals surface area contributed by atoms with Crippen molar-refractivity contribution in [2.75, 3.05) is 75.9 Å². The summed E-state index contributed by atoms with van der Waals surface area (Å²) in [5.74, 6) is 14.3. The minimum Gasteiger partial charge on any atom is -0.394 e. The van der Waals surface area contributed by atoms with E-state index < -0.39 is 181 Å². The van der Waals surface area contributed by atoms with Crippen LogP contribution < -0.4 is 45.7 Å². The van der Waals surface area contributed by atoms with Crippen molar-refractivity contribution < 1.29 is 92.7 Å². The number of hydrogen-bond acceptors (Lipinski definition) is 26. The highest BCUT2D eigenvalue weighted by atomic mass is 35.5. The van der Waals surface area contributed by atoms with Crippen LogP contribution in [-0.4, -0.2) is 211 Å². The second kappa shape index (κ2) is 29.7. The molecule has 468 valence electrons. The molecule has 0 spiro atoms. The van der Waals surface area contributed by atoms with Gasteiger partial charge in [-0.1, -0.05) is 93.8 Å². The topological polar surface area (TPSA) is 468 Å². The van der Waals surface area contributed by atoms with Crippen LogP contribution in [0, 0.1) is 60.1 Å². The van der Waals surface area contributed by atoms with Crippen LogP contribution in [0.25, 0.3) is 0 Å². The summed E-state index contributed by atoms with van der Waals surface area (Å²) in [6.07, 6.45) is -19.1. The van der Waals surface area contributed by atoms with Gasteiger partial charge in [-0.2, -0.15) is 29.7 Å². The Balaban J connectivity index is 0.000000227. The van der Waals surface area contributed by atoms with Crippen LogP contribution >= 0.6 is 46.4 Å². The third-order valence-corrected chi connectivity index (χ3v) is 13.9. The first-order valence-corrected chi connectivity index (χ1v) is 24.8. The predicted octanol–water partition coefficient (Wildman–Crippen LogP) is -4.66. The molecule has 4 fully saturated rings. The number of anilines is 4. The molecule has 30 nitrogen and oxygen atoms in total. The van der Waals surface area contributed by atoms with E-state index in [-0.39, 0.29) is 23.3 Å². The van der Waals surface area contributed by atoms with Crippen LogP contribution in [0.3, 0.4) is 0 Å². The third-order valence-electron chi connectivity index (χ3n) is 11.8. The Morgan fingerprint density at radius 3 is 1.37 bits per heavy atom. The lowest BCUT2D eigenvalue weighted by Crippen LogP contribution is -2.44. The lowest BCUT2D eigenvalue weighted by molar-refractivity contribution is -0.0512. The molecule has 4 aromatic heterocycles. The lowest BCUT2D eigenvalue weighted by Gasteiger charge is -2.26. The van der Waals surface area contributed by atoms with Crippen molar-refractivity contribution >= 4 is 69.8 Å². The summed E-state index contributed by atoms with van der Waals surface area (Å²) in [5, 5.41) is 82.4. The average Bonchev–Trinajstić information content (AvgIpc) is 1.61. The van der Waals surface area contributed by atoms with Crippen molar-refractivity contribution in [2.24, 2.45) is 0 Å². The van der Waals surface area contributed by atoms with E-state index in [0.29, 0.717) is 20.0 Å². The summed E-state index contributed by atoms with van der Waals surface area (Å²) in [4.78, 5) is 56.3. The van der Waals surface area contributed by atoms with Gasteiger partial charge < -0.3 is 82.7 Å². The molecule has 4 saturated heterocycles. The molecular formula is C47H51Cl4F5N14O16. The SMILES string of the molecule is [2H]C([2H])(O)[C@H]1O[C@@H](n2c(C)cc(N)nc2=O)C(Cl)(C#CCF)[C@H]1O.[2H]C([2H])(O)[C@H]1O[C@@H](n2cc(F)c(N)nc2=O)C(Cl)(C#CCF)[C@H]1O.[2H]C([2H])(O)[C@H]1O[C@@H](n2cnc(N)nc2=O)C(Cl)(C#CCF)[C@H]1O.[2H]C([2H])(O)[C@H]1O[C@@H](n2ncc(N)nc2=O)C(Cl)(C#CCF)[C@H]1O. The number of alkyl halides is 8. The maximum atomic E-state index is 13.6. The molecular weight excluding hydrogens is 1250 g/mol. The number of rotatable bonds is 8. The molecule has 4 aliphatic rings. The van der Waals surface area contributed by atoms with Crippen molar-refractivity contribution in [1.82, 2.24) is 48.4 Å². The van der Waals surface area contributed by atoms with E-state index in [1.54, 1.807) is 0 Å². The molecule has 16 atom stereocenters. The van der Waals surface area contributed by atoms with Crippen LogP contribution in [0.4, 0.5) is 45.4 Å². The Hall–Kier alpha value is -6.85. The van der Waals surface area contributed by atoms with E-state index in [4.69, 9.17) is 99.3 Å². The van der Waals surface area contributed by atoms with E-state index in [1.807, 2.05) is 23.7 Å². The van der Waals surface area contributed by atoms with Crippen molar-refractivity contribution in [1.29, 1.82) is 0 Å². The molecule has 0 radical (unpaired) electrons. The second-order valence-electron chi connectivity index (χ2n) is 17.2. The van der Waals surface area contributed by atoms with E-state index in [1.165, 1.54) is 13.0 Å². The summed E-state index contributed by atoms with van der Waals surface area (Å²) < 4.78 is 145. The fourth-order valence-corrected chi connectivity index (χ4v) is 9.27. The standard InChI is InChI=1S/C13H15ClFN3O4.C12H12ClF2N3O4.2C11H12ClFN4O4/c1-7-5-9(16)17-12(21)18(7)11-13(14,3-2-4-15)10(20)8(6-19)22-11;13-12(2-1-3-14)8(20)7(5-19)22-10(12)18-4-6(15)9(16)17-11(18)21;12-11(2-1-3-13)8(19)6(5-18)21-9(11)17-10(20)16-7(14)4-15-17;12-11(2-1-3-13)7(19)6(4-18)21-8(11)17-5-15-9(14)16-10(17)20/h5,8,10-11,19-20H,4,6H2,1H3,(H2,16,17,21);4,7-8,10,19-20H,3,5H2,(H2,16,17,21);4,6,8-9,18-19H,3,5H2,(H2,14,16,20);5-8,18-19H,3-4H2,(H2,14,16,20)/t8-,10+,11-,13?;7-,8+,10-,12?;6-,8+,9-,11?;6-,7+,8-,11?/m1111/s1/i6D2;2*5D2;4D2. The van der Waals surface area contributed by atoms with E-state index in [9.17, 15) is 82.0 Å². The van der Waals surface area contributed by atoms with Gasteiger partial charge in [0.05, 0.1) is 49.6 Å². The molecule has 0 aliphatic carbocycles. The van der Waals surface area contributed by atoms with Gasteiger partial charge in [-0.05, 0) is 13.0 Å². The number of nitrogen functional groups attached to an aromatic ring is 4. The molecule has 4 unspecified atom stereocenters. The third kappa shape index (κ3) is 14.6. The Bertz CT molecular complexity index is 3840. The number of aromatic nitrogens is 10. The highest BCUT2D eigenvalue weighted by Crippen LogP contribution is 2.46. The maximum absolute atomic E-state index is 13.6. The van der Waals surface area contributed by atoms with Crippen molar-refractivity contribution in [3.8, 4) is 47.4 Å². The maximum Gasteiger partial charge on any atom is 0.368 e. The lowest BCUT2D eigenvalue weighted by atomic mass is 9.99. The van der Waals surface area contributed by atoms with Gasteiger partial charge >= 0.3 is 22.8 Å². The van der Waals surface area contributed by atoms with Crippen LogP contribution in [0.5, 0.6) is 0 Å². The quantitative estimate of drug-likeness (QED) is 0.0448. The summed E-state index contributed by atoms with van der Waals surface area (Å²) in [6, 6.07) is 1.33. The largest absolute Gasteiger partial charge is 0.394 e. The second-order valence-corrected chi connectivity index (χ2v) is 19.7. The van der Waals surface area contributed by atoms with E-state index in [2.05, 4.69) is 53.7 Å². The highest BCUT2D eigenvalue weighted by Gasteiger charge is 2.59. The van der Waals surface area contributed by atoms with Gasteiger partial charge in [0.15, 0.2) is 56.0 Å². The zero-order valence-electron chi connectivity index (χ0n) is 51.1. The number of aryl methyl sites for hydroxylation is 1. The minimum atomic E-state index is -3.07. The Morgan fingerprint density at radius 2 is 0.965 bits per heavy atom. The number of halogens is 9. The van der Waals surface area contributed by atoms with Gasteiger partial charge in [0.2, 0.25) is 5.95 Å². The number of aliphatic hydroxyl groups is 8. The molecule has 0 bridgehead atoms. The van der Waals surface area contributed by atoms with Crippen LogP contribution in [0.15, 0.2) is 44.0 Å². The molecule has 39 heteroatoms. The van der Waals surface area contributed by atoms with E-state index in [0.717, 1.165) is 17.1 Å². The van der Waals surface area contributed by atoms with Gasteiger partial charge in [-0.15, -0.1) is 0 Å². The normalized spacial score (nSPS) is 33.3. The first-order valence-electron chi connectivity index (χ1n) is 27.3. The molecule has 8 rings (SSSR count). The molecule has 4 aliphatic heterocycles. The van der Waals surface area contributed by atoms with Gasteiger partial charge in [-0.3, -0.25) is 13.7 Å². The molecule has 8 heterocycles. The fraction of sp³-hybridized carbons (Fsp3) is 0.532. The molecule has 4 aromatic rings. The van der Waals surface area contributed by atoms with Crippen molar-refractivity contribution in [2.45, 2.75) is 100 Å². The average molecular weight is 1310 g/mol. The number of aliphatic hydroxyl groups excluding tert-OH is 4. The van der Waals surface area contributed by atoms with Crippen LogP contribution in [0.1, 0.15) is 41.6 Å². The smallest absolute Gasteiger partial charge is 0.368 e. The van der Waals surface area contributed by atoms with Gasteiger partial charge in [0.25, 0.3) is 0 Å². The first kappa shape index (κ1) is 58.2. The summed E-state index contributed by atoms with van der Waals surface area (Å²) in [7, 11) is 0. The number of ether oxygens (including phenoxy) is 4. The molecule has 0 aromatic carbocycles. The first-order chi connectivity index (χ1) is 43.3. The minimum absolute atomic E-state index is 0.0589. The fourth-order valence-electron chi connectivity index (χ4n) is 7.94. The molecule has 0 amide bonds. The van der Waals surface area contributed by atoms with Crippen molar-refractivity contribution in [3.63, 3.8) is 0 Å². The zero-order chi connectivity index (χ0) is 71.4. The zero-order valence-corrected chi connectivity index (χ0v) is 46.1. The Labute approximate surface area is 511 Å². The molecule has 16 N–H and O–H groups in total. The molecule has 86 heavy (non-hydrogen) atoms. The summed E-state index contributed by atoms with van der Waals surface area (Å²) in [5.41, 5.74) is 17.5. The van der Waals surface area contributed by atoms with Crippen LogP contribution in [0.2, 0.25) is 0 Å². The number of nitrogens with zero attached hydrogens (tertiary/aromatic N) is 10. The van der Waals surface area contributed by atoms with Crippen LogP contribution in [-0.2, 0) is 18.9 Å². The highest BCUT2D eigenvalue weighted by molar-refractivity contribution is 6.28. The molecule has 0 saturated carbocycles. The Kier molecular flexibility index (Phi) is 20.1. The number of hydrogen-bond donors (Lipinski definition) is 12. The monoisotopic (exact) mass is 1310 g/mol.